The predicted molar refractivity (Wildman–Crippen MR) is 97.1 cm³/mol. The number of ether oxygens (including phenoxy) is 2. The van der Waals surface area contributed by atoms with Crippen molar-refractivity contribution >= 4 is 23.4 Å². The number of hydrogen-bond donors (Lipinski definition) is 0. The third-order valence-corrected chi connectivity index (χ3v) is 4.00. The summed E-state index contributed by atoms with van der Waals surface area (Å²) in [6.45, 7) is 1.32. The number of carbonyl (C=O) groups is 2. The molecule has 138 valence electrons. The van der Waals surface area contributed by atoms with Gasteiger partial charge in [-0.2, -0.15) is 4.98 Å². The number of methoxy groups -OCH3 is 1. The molecule has 0 spiro atoms. The molecular formula is C19H15ClN2O5. The molecule has 27 heavy (non-hydrogen) atoms. The molecule has 0 atom stereocenters. The van der Waals surface area contributed by atoms with Crippen LogP contribution in [-0.2, 0) is 4.74 Å². The topological polar surface area (TPSA) is 91.5 Å². The zero-order chi connectivity index (χ0) is 19.4. The zero-order valence-electron chi connectivity index (χ0n) is 14.6. The Balaban J connectivity index is 1.62. The molecule has 0 radical (unpaired) electrons. The van der Waals surface area contributed by atoms with Crippen LogP contribution in [-0.4, -0.2) is 35.6 Å². The van der Waals surface area contributed by atoms with Gasteiger partial charge in [0.1, 0.15) is 5.75 Å². The number of halogens is 1. The molecular weight excluding hydrogens is 372 g/mol. The summed E-state index contributed by atoms with van der Waals surface area (Å²) in [4.78, 5) is 28.4. The molecule has 0 fully saturated rings. The average molecular weight is 387 g/mol. The SMILES string of the molecule is COc1ccc(C(=O)COC(=O)c2ccc(-c3nc(C)no3)cc2)cc1Cl. The molecule has 0 aliphatic heterocycles. The maximum atomic E-state index is 12.2. The number of hydrogen-bond acceptors (Lipinski definition) is 7. The second-order valence-electron chi connectivity index (χ2n) is 5.57. The number of aryl methyl sites for hydroxylation is 1. The van der Waals surface area contributed by atoms with E-state index >= 15 is 0 Å². The summed E-state index contributed by atoms with van der Waals surface area (Å²) < 4.78 is 15.2. The van der Waals surface area contributed by atoms with Crippen LogP contribution in [0.25, 0.3) is 11.5 Å². The standard InChI is InChI=1S/C19H15ClN2O5/c1-11-21-18(27-22-11)12-3-5-13(6-4-12)19(24)26-10-16(23)14-7-8-17(25-2)15(20)9-14/h3-9H,10H2,1-2H3. The molecule has 8 heteroatoms. The van der Waals surface area contributed by atoms with E-state index in [1.54, 1.807) is 43.3 Å². The van der Waals surface area contributed by atoms with Crippen LogP contribution in [0.5, 0.6) is 5.75 Å². The van der Waals surface area contributed by atoms with Gasteiger partial charge in [0.2, 0.25) is 0 Å². The lowest BCUT2D eigenvalue weighted by molar-refractivity contribution is 0.0475. The summed E-state index contributed by atoms with van der Waals surface area (Å²) in [6.07, 6.45) is 0. The van der Waals surface area contributed by atoms with Crippen molar-refractivity contribution < 1.29 is 23.6 Å². The summed E-state index contributed by atoms with van der Waals surface area (Å²) in [5.74, 6) is 0.355. The molecule has 0 saturated heterocycles. The van der Waals surface area contributed by atoms with E-state index in [-0.39, 0.29) is 5.78 Å². The Bertz CT molecular complexity index is 982. The molecule has 0 unspecified atom stereocenters. The second kappa shape index (κ2) is 8.01. The van der Waals surface area contributed by atoms with Crippen molar-refractivity contribution in [3.05, 3.63) is 64.4 Å². The van der Waals surface area contributed by atoms with Crippen molar-refractivity contribution in [1.29, 1.82) is 0 Å². The van der Waals surface area contributed by atoms with Gasteiger partial charge in [-0.05, 0) is 49.4 Å². The second-order valence-corrected chi connectivity index (χ2v) is 5.98. The third kappa shape index (κ3) is 4.32. The van der Waals surface area contributed by atoms with E-state index in [9.17, 15) is 9.59 Å². The van der Waals surface area contributed by atoms with E-state index in [1.165, 1.54) is 13.2 Å². The van der Waals surface area contributed by atoms with Gasteiger partial charge < -0.3 is 14.0 Å². The van der Waals surface area contributed by atoms with Crippen molar-refractivity contribution in [3.63, 3.8) is 0 Å². The normalized spacial score (nSPS) is 10.5. The van der Waals surface area contributed by atoms with Crippen LogP contribution < -0.4 is 4.74 Å². The van der Waals surface area contributed by atoms with E-state index in [4.69, 9.17) is 25.6 Å². The van der Waals surface area contributed by atoms with E-state index < -0.39 is 12.6 Å². The quantitative estimate of drug-likeness (QED) is 0.470. The Morgan fingerprint density at radius 2 is 1.81 bits per heavy atom. The maximum absolute atomic E-state index is 12.2. The van der Waals surface area contributed by atoms with Gasteiger partial charge in [0, 0.05) is 11.1 Å². The highest BCUT2D eigenvalue weighted by atomic mass is 35.5. The summed E-state index contributed by atoms with van der Waals surface area (Å²) in [7, 11) is 1.48. The van der Waals surface area contributed by atoms with E-state index in [0.29, 0.717) is 39.2 Å². The molecule has 1 aromatic heterocycles. The lowest BCUT2D eigenvalue weighted by Crippen LogP contribution is -2.14. The highest BCUT2D eigenvalue weighted by molar-refractivity contribution is 6.32. The van der Waals surface area contributed by atoms with Crippen LogP contribution in [0.2, 0.25) is 5.02 Å². The van der Waals surface area contributed by atoms with Crippen LogP contribution in [0.4, 0.5) is 0 Å². The summed E-state index contributed by atoms with van der Waals surface area (Å²) in [6, 6.07) is 11.1. The van der Waals surface area contributed by atoms with Gasteiger partial charge in [0.05, 0.1) is 17.7 Å². The van der Waals surface area contributed by atoms with Gasteiger partial charge in [-0.1, -0.05) is 16.8 Å². The fraction of sp³-hybridized carbons (Fsp3) is 0.158. The van der Waals surface area contributed by atoms with Crippen molar-refractivity contribution in [3.8, 4) is 17.2 Å². The average Bonchev–Trinajstić information content (AvgIpc) is 3.12. The molecule has 2 aromatic carbocycles. The van der Waals surface area contributed by atoms with E-state index in [1.807, 2.05) is 0 Å². The number of carbonyl (C=O) groups excluding carboxylic acids is 2. The molecule has 3 aromatic rings. The Morgan fingerprint density at radius 1 is 1.11 bits per heavy atom. The van der Waals surface area contributed by atoms with Gasteiger partial charge in [-0.15, -0.1) is 0 Å². The van der Waals surface area contributed by atoms with Crippen LogP contribution in [0.15, 0.2) is 47.0 Å². The Kier molecular flexibility index (Phi) is 5.52. The van der Waals surface area contributed by atoms with Crippen LogP contribution in [0.3, 0.4) is 0 Å². The lowest BCUT2D eigenvalue weighted by atomic mass is 10.1. The Morgan fingerprint density at radius 3 is 2.41 bits per heavy atom. The molecule has 0 bridgehead atoms. The van der Waals surface area contributed by atoms with Gasteiger partial charge >= 0.3 is 5.97 Å². The van der Waals surface area contributed by atoms with Gasteiger partial charge in [0.15, 0.2) is 18.2 Å². The number of rotatable bonds is 6. The summed E-state index contributed by atoms with van der Waals surface area (Å²) >= 11 is 6.00. The Labute approximate surface area is 159 Å². The molecule has 0 saturated carbocycles. The first kappa shape index (κ1) is 18.6. The first-order chi connectivity index (χ1) is 13.0. The Hall–Kier alpha value is -3.19. The molecule has 0 N–H and O–H groups in total. The number of Topliss-reactive ketones (excluding diaryl/α,β-unsaturated/α-hetero) is 1. The monoisotopic (exact) mass is 386 g/mol. The number of ketones is 1. The number of aromatic nitrogens is 2. The first-order valence-electron chi connectivity index (χ1n) is 7.92. The fourth-order valence-electron chi connectivity index (χ4n) is 2.30. The molecule has 7 nitrogen and oxygen atoms in total. The molecule has 3 rings (SSSR count). The molecule has 0 aliphatic rings. The number of benzene rings is 2. The van der Waals surface area contributed by atoms with Crippen molar-refractivity contribution in [2.75, 3.05) is 13.7 Å². The largest absolute Gasteiger partial charge is 0.495 e. The van der Waals surface area contributed by atoms with Crippen molar-refractivity contribution in [1.82, 2.24) is 10.1 Å². The number of nitrogens with zero attached hydrogens (tertiary/aromatic N) is 2. The molecule has 0 aliphatic carbocycles. The summed E-state index contributed by atoms with van der Waals surface area (Å²) in [5.41, 5.74) is 1.31. The number of esters is 1. The minimum atomic E-state index is -0.615. The minimum absolute atomic E-state index is 0.301. The van der Waals surface area contributed by atoms with Gasteiger partial charge in [-0.3, -0.25) is 4.79 Å². The lowest BCUT2D eigenvalue weighted by Gasteiger charge is -2.07. The third-order valence-electron chi connectivity index (χ3n) is 3.70. The predicted octanol–water partition coefficient (Wildman–Crippen LogP) is 3.75. The maximum Gasteiger partial charge on any atom is 0.338 e. The first-order valence-corrected chi connectivity index (χ1v) is 8.30. The van der Waals surface area contributed by atoms with Gasteiger partial charge in [-0.25, -0.2) is 4.79 Å². The highest BCUT2D eigenvalue weighted by Crippen LogP contribution is 2.25. The van der Waals surface area contributed by atoms with Crippen LogP contribution in [0, 0.1) is 6.92 Å². The highest BCUT2D eigenvalue weighted by Gasteiger charge is 2.14. The zero-order valence-corrected chi connectivity index (χ0v) is 15.3. The van der Waals surface area contributed by atoms with E-state index in [0.717, 1.165) is 0 Å². The van der Waals surface area contributed by atoms with Crippen LogP contribution >= 0.6 is 11.6 Å². The summed E-state index contributed by atoms with van der Waals surface area (Å²) in [5, 5.41) is 4.02. The van der Waals surface area contributed by atoms with Crippen LogP contribution in [0.1, 0.15) is 26.5 Å². The van der Waals surface area contributed by atoms with Crippen molar-refractivity contribution in [2.45, 2.75) is 6.92 Å². The molecule has 0 amide bonds. The van der Waals surface area contributed by atoms with E-state index in [2.05, 4.69) is 10.1 Å². The smallest absolute Gasteiger partial charge is 0.338 e. The minimum Gasteiger partial charge on any atom is -0.495 e. The fourth-order valence-corrected chi connectivity index (χ4v) is 2.56. The van der Waals surface area contributed by atoms with Crippen molar-refractivity contribution in [2.24, 2.45) is 0 Å². The molecule has 1 heterocycles. The van der Waals surface area contributed by atoms with Gasteiger partial charge in [0.25, 0.3) is 5.89 Å².